The number of carbonyl (C=O) groups is 1. The maximum Gasteiger partial charge on any atom is 0.178 e. The fourth-order valence-electron chi connectivity index (χ4n) is 0.696. The SMILES string of the molecule is CC[S+](CC)CC(C)=O. The van der Waals surface area contributed by atoms with Crippen molar-refractivity contribution in [1.82, 2.24) is 0 Å². The Hall–Kier alpha value is 0.0200. The van der Waals surface area contributed by atoms with Gasteiger partial charge in [-0.15, -0.1) is 0 Å². The van der Waals surface area contributed by atoms with Gasteiger partial charge < -0.3 is 0 Å². The Morgan fingerprint density at radius 3 is 1.89 bits per heavy atom. The first-order valence-electron chi connectivity index (χ1n) is 3.34. The lowest BCUT2D eigenvalue weighted by atomic mass is 10.5. The van der Waals surface area contributed by atoms with E-state index in [1.54, 1.807) is 6.92 Å². The molecule has 1 nitrogen and oxygen atoms in total. The Morgan fingerprint density at radius 1 is 1.33 bits per heavy atom. The predicted molar refractivity (Wildman–Crippen MR) is 44.0 cm³/mol. The van der Waals surface area contributed by atoms with Crippen LogP contribution in [0.15, 0.2) is 0 Å². The molecule has 0 aliphatic rings. The third kappa shape index (κ3) is 4.52. The van der Waals surface area contributed by atoms with Gasteiger partial charge in [0.05, 0.1) is 0 Å². The van der Waals surface area contributed by atoms with Crippen LogP contribution in [-0.2, 0) is 15.7 Å². The lowest BCUT2D eigenvalue weighted by Gasteiger charge is -1.98. The Bertz CT molecular complexity index is 86.9. The molecule has 9 heavy (non-hydrogen) atoms. The van der Waals surface area contributed by atoms with Crippen LogP contribution in [0.2, 0.25) is 0 Å². The molecule has 0 heterocycles. The van der Waals surface area contributed by atoms with Crippen LogP contribution < -0.4 is 0 Å². The van der Waals surface area contributed by atoms with Gasteiger partial charge in [0.15, 0.2) is 11.5 Å². The van der Waals surface area contributed by atoms with Gasteiger partial charge in [0.2, 0.25) is 0 Å². The van der Waals surface area contributed by atoms with Crippen molar-refractivity contribution in [1.29, 1.82) is 0 Å². The second-order valence-electron chi connectivity index (χ2n) is 2.04. The average Bonchev–Trinajstić information content (AvgIpc) is 1.82. The molecule has 0 bridgehead atoms. The van der Waals surface area contributed by atoms with E-state index in [-0.39, 0.29) is 0 Å². The summed E-state index contributed by atoms with van der Waals surface area (Å²) in [6.45, 7) is 5.97. The molecule has 0 aliphatic carbocycles. The van der Waals surface area contributed by atoms with Crippen LogP contribution in [0.1, 0.15) is 20.8 Å². The molecular formula is C7H15OS+. The number of ketones is 1. The highest BCUT2D eigenvalue weighted by Gasteiger charge is 2.13. The zero-order valence-corrected chi connectivity index (χ0v) is 7.25. The van der Waals surface area contributed by atoms with Crippen LogP contribution in [0.25, 0.3) is 0 Å². The van der Waals surface area contributed by atoms with Gasteiger partial charge in [0.25, 0.3) is 0 Å². The molecule has 0 spiro atoms. The number of hydrogen-bond acceptors (Lipinski definition) is 1. The van der Waals surface area contributed by atoms with E-state index in [0.29, 0.717) is 16.7 Å². The van der Waals surface area contributed by atoms with E-state index in [0.717, 1.165) is 17.3 Å². The number of carbonyl (C=O) groups excluding carboxylic acids is 1. The third-order valence-electron chi connectivity index (χ3n) is 1.22. The van der Waals surface area contributed by atoms with Crippen LogP contribution in [0.5, 0.6) is 0 Å². The van der Waals surface area contributed by atoms with Crippen molar-refractivity contribution in [3.63, 3.8) is 0 Å². The molecule has 0 aromatic heterocycles. The molecule has 0 aromatic rings. The van der Waals surface area contributed by atoms with Crippen LogP contribution in [0.4, 0.5) is 0 Å². The van der Waals surface area contributed by atoms with Gasteiger partial charge in [-0.1, -0.05) is 0 Å². The Balaban J connectivity index is 3.43. The number of rotatable bonds is 4. The summed E-state index contributed by atoms with van der Waals surface area (Å²) < 4.78 is 0. The molecule has 0 saturated carbocycles. The fourth-order valence-corrected chi connectivity index (χ4v) is 2.09. The predicted octanol–water partition coefficient (Wildman–Crippen LogP) is 1.23. The topological polar surface area (TPSA) is 17.1 Å². The first-order chi connectivity index (χ1) is 4.20. The number of Topliss-reactive ketones (excluding diaryl/α,β-unsaturated/α-hetero) is 1. The molecule has 0 unspecified atom stereocenters. The van der Waals surface area contributed by atoms with Crippen molar-refractivity contribution in [2.45, 2.75) is 20.8 Å². The van der Waals surface area contributed by atoms with Gasteiger partial charge in [-0.25, -0.2) is 0 Å². The van der Waals surface area contributed by atoms with Gasteiger partial charge in [0, 0.05) is 0 Å². The molecule has 0 rings (SSSR count). The van der Waals surface area contributed by atoms with Crippen LogP contribution in [-0.4, -0.2) is 23.0 Å². The monoisotopic (exact) mass is 147 g/mol. The van der Waals surface area contributed by atoms with Crippen LogP contribution in [0.3, 0.4) is 0 Å². The lowest BCUT2D eigenvalue weighted by molar-refractivity contribution is -0.114. The summed E-state index contributed by atoms with van der Waals surface area (Å²) in [5.74, 6) is 3.46. The van der Waals surface area contributed by atoms with Crippen molar-refractivity contribution in [3.8, 4) is 0 Å². The van der Waals surface area contributed by atoms with Crippen molar-refractivity contribution < 1.29 is 4.79 Å². The van der Waals surface area contributed by atoms with Crippen molar-refractivity contribution in [3.05, 3.63) is 0 Å². The first-order valence-corrected chi connectivity index (χ1v) is 5.07. The summed E-state index contributed by atoms with van der Waals surface area (Å²) in [6, 6.07) is 0. The van der Waals surface area contributed by atoms with E-state index >= 15 is 0 Å². The van der Waals surface area contributed by atoms with E-state index < -0.39 is 0 Å². The third-order valence-corrected chi connectivity index (χ3v) is 3.67. The summed E-state index contributed by atoms with van der Waals surface area (Å²) in [5.41, 5.74) is 0. The highest BCUT2D eigenvalue weighted by molar-refractivity contribution is 7.97. The van der Waals surface area contributed by atoms with E-state index in [9.17, 15) is 4.79 Å². The summed E-state index contributed by atoms with van der Waals surface area (Å²) in [7, 11) is 0.382. The Kier molecular flexibility index (Phi) is 4.87. The van der Waals surface area contributed by atoms with Crippen molar-refractivity contribution >= 4 is 16.7 Å². The molecule has 0 aromatic carbocycles. The van der Waals surface area contributed by atoms with Crippen LogP contribution in [0, 0.1) is 0 Å². The molecule has 0 N–H and O–H groups in total. The minimum Gasteiger partial charge on any atom is -0.295 e. The smallest absolute Gasteiger partial charge is 0.178 e. The summed E-state index contributed by atoms with van der Waals surface area (Å²) in [4.78, 5) is 10.6. The Morgan fingerprint density at radius 2 is 1.78 bits per heavy atom. The maximum atomic E-state index is 10.6. The van der Waals surface area contributed by atoms with Gasteiger partial charge in [-0.3, -0.25) is 4.79 Å². The van der Waals surface area contributed by atoms with E-state index in [4.69, 9.17) is 0 Å². The minimum atomic E-state index is 0.335. The van der Waals surface area contributed by atoms with Gasteiger partial charge >= 0.3 is 0 Å². The summed E-state index contributed by atoms with van der Waals surface area (Å²) in [5, 5.41) is 0. The average molecular weight is 147 g/mol. The molecule has 2 heteroatoms. The molecule has 0 atom stereocenters. The summed E-state index contributed by atoms with van der Waals surface area (Å²) in [6.07, 6.45) is 0. The molecular weight excluding hydrogens is 132 g/mol. The van der Waals surface area contributed by atoms with Crippen molar-refractivity contribution in [2.75, 3.05) is 17.3 Å². The number of hydrogen-bond donors (Lipinski definition) is 0. The zero-order chi connectivity index (χ0) is 7.28. The normalized spacial score (nSPS) is 10.2. The fraction of sp³-hybridized carbons (Fsp3) is 0.857. The summed E-state index contributed by atoms with van der Waals surface area (Å²) >= 11 is 0. The quantitative estimate of drug-likeness (QED) is 0.547. The Labute approximate surface area is 60.2 Å². The molecule has 0 aliphatic heterocycles. The minimum absolute atomic E-state index is 0.335. The second-order valence-corrected chi connectivity index (χ2v) is 4.70. The molecule has 0 saturated heterocycles. The van der Waals surface area contributed by atoms with Crippen LogP contribution >= 0.6 is 0 Å². The first kappa shape index (κ1) is 9.02. The van der Waals surface area contributed by atoms with E-state index in [1.807, 2.05) is 0 Å². The molecule has 0 amide bonds. The van der Waals surface area contributed by atoms with E-state index in [2.05, 4.69) is 13.8 Å². The lowest BCUT2D eigenvalue weighted by Crippen LogP contribution is -2.17. The highest BCUT2D eigenvalue weighted by Crippen LogP contribution is 1.95. The second kappa shape index (κ2) is 4.86. The maximum absolute atomic E-state index is 10.6. The van der Waals surface area contributed by atoms with E-state index in [1.165, 1.54) is 0 Å². The van der Waals surface area contributed by atoms with Gasteiger partial charge in [-0.2, -0.15) is 0 Å². The molecule has 0 radical (unpaired) electrons. The molecule has 0 fully saturated rings. The zero-order valence-electron chi connectivity index (χ0n) is 6.44. The largest absolute Gasteiger partial charge is 0.295 e. The van der Waals surface area contributed by atoms with Gasteiger partial charge in [0.1, 0.15) is 11.5 Å². The van der Waals surface area contributed by atoms with Crippen molar-refractivity contribution in [2.24, 2.45) is 0 Å². The highest BCUT2D eigenvalue weighted by atomic mass is 32.2. The molecule has 54 valence electrons. The standard InChI is InChI=1S/C7H15OS/c1-4-9(5-2)6-7(3)8/h4-6H2,1-3H3/q+1. The van der Waals surface area contributed by atoms with Gasteiger partial charge in [-0.05, 0) is 31.7 Å².